The van der Waals surface area contributed by atoms with Crippen LogP contribution in [-0.2, 0) is 4.74 Å². The predicted molar refractivity (Wildman–Crippen MR) is 93.4 cm³/mol. The molecule has 2 aromatic rings. The van der Waals surface area contributed by atoms with Crippen LogP contribution >= 0.6 is 0 Å². The van der Waals surface area contributed by atoms with E-state index in [0.717, 1.165) is 12.0 Å². The van der Waals surface area contributed by atoms with Gasteiger partial charge < -0.3 is 15.4 Å². The molecule has 2 N–H and O–H groups in total. The molecule has 0 saturated carbocycles. The number of urea groups is 1. The molecule has 1 aliphatic rings. The maximum atomic E-state index is 12.2. The maximum absolute atomic E-state index is 12.2. The summed E-state index contributed by atoms with van der Waals surface area (Å²) in [6, 6.07) is 15.4. The Morgan fingerprint density at radius 1 is 1.16 bits per heavy atom. The smallest absolute Gasteiger partial charge is 0.319 e. The van der Waals surface area contributed by atoms with Crippen LogP contribution in [0.3, 0.4) is 0 Å². The second kappa shape index (κ2) is 7.76. The normalized spacial score (nSPS) is 19.8. The summed E-state index contributed by atoms with van der Waals surface area (Å²) in [6.45, 7) is 0.571. The Morgan fingerprint density at radius 3 is 2.72 bits per heavy atom. The highest BCUT2D eigenvalue weighted by Crippen LogP contribution is 2.28. The number of rotatable bonds is 4. The van der Waals surface area contributed by atoms with Crippen molar-refractivity contribution in [2.45, 2.75) is 25.0 Å². The Balaban J connectivity index is 1.57. The molecule has 0 aromatic heterocycles. The fourth-order valence-corrected chi connectivity index (χ4v) is 2.88. The van der Waals surface area contributed by atoms with Crippen molar-refractivity contribution in [2.75, 3.05) is 11.9 Å². The summed E-state index contributed by atoms with van der Waals surface area (Å²) in [6.07, 6.45) is 1.37. The van der Waals surface area contributed by atoms with Crippen molar-refractivity contribution in [3.05, 3.63) is 70.3 Å². The van der Waals surface area contributed by atoms with E-state index in [9.17, 15) is 14.9 Å². The summed E-state index contributed by atoms with van der Waals surface area (Å²) >= 11 is 0. The van der Waals surface area contributed by atoms with Gasteiger partial charge in [-0.15, -0.1) is 0 Å². The van der Waals surface area contributed by atoms with Crippen LogP contribution in [0.25, 0.3) is 0 Å². The summed E-state index contributed by atoms with van der Waals surface area (Å²) in [4.78, 5) is 22.5. The van der Waals surface area contributed by atoms with Gasteiger partial charge in [-0.3, -0.25) is 10.1 Å². The van der Waals surface area contributed by atoms with Crippen molar-refractivity contribution in [2.24, 2.45) is 0 Å². The monoisotopic (exact) mass is 341 g/mol. The zero-order chi connectivity index (χ0) is 17.6. The SMILES string of the molecule is O=C(Nc1cccc([N+](=O)[O-])c1)N[C@@H]1CCO[C@@H](c2ccccc2)C1. The van der Waals surface area contributed by atoms with Crippen molar-refractivity contribution in [1.82, 2.24) is 5.32 Å². The van der Waals surface area contributed by atoms with Gasteiger partial charge in [0.25, 0.3) is 5.69 Å². The zero-order valence-electron chi connectivity index (χ0n) is 13.6. The summed E-state index contributed by atoms with van der Waals surface area (Å²) in [7, 11) is 0. The molecule has 1 saturated heterocycles. The molecule has 1 heterocycles. The van der Waals surface area contributed by atoms with E-state index in [1.54, 1.807) is 6.07 Å². The van der Waals surface area contributed by atoms with Gasteiger partial charge in [-0.25, -0.2) is 4.79 Å². The van der Waals surface area contributed by atoms with Crippen LogP contribution in [0.15, 0.2) is 54.6 Å². The third-order valence-electron chi connectivity index (χ3n) is 4.11. The molecule has 0 spiro atoms. The molecule has 2 amide bonds. The lowest BCUT2D eigenvalue weighted by Gasteiger charge is -2.30. The van der Waals surface area contributed by atoms with Crippen LogP contribution in [0.5, 0.6) is 0 Å². The molecule has 2 atom stereocenters. The number of carbonyl (C=O) groups excluding carboxylic acids is 1. The number of nitro benzene ring substituents is 1. The lowest BCUT2D eigenvalue weighted by atomic mass is 9.97. The molecule has 0 bridgehead atoms. The number of hydrogen-bond acceptors (Lipinski definition) is 4. The first kappa shape index (κ1) is 16.9. The van der Waals surface area contributed by atoms with Crippen LogP contribution in [0, 0.1) is 10.1 Å². The summed E-state index contributed by atoms with van der Waals surface area (Å²) < 4.78 is 5.79. The second-order valence-electron chi connectivity index (χ2n) is 5.90. The van der Waals surface area contributed by atoms with Gasteiger partial charge in [0.15, 0.2) is 0 Å². The first-order valence-corrected chi connectivity index (χ1v) is 8.10. The molecule has 0 radical (unpaired) electrons. The van der Waals surface area contributed by atoms with Crippen molar-refractivity contribution in [1.29, 1.82) is 0 Å². The zero-order valence-corrected chi connectivity index (χ0v) is 13.6. The fraction of sp³-hybridized carbons (Fsp3) is 0.278. The number of hydrogen-bond donors (Lipinski definition) is 2. The van der Waals surface area contributed by atoms with Gasteiger partial charge >= 0.3 is 6.03 Å². The van der Waals surface area contributed by atoms with Gasteiger partial charge in [0.05, 0.1) is 11.0 Å². The Kier molecular flexibility index (Phi) is 5.25. The lowest BCUT2D eigenvalue weighted by molar-refractivity contribution is -0.384. The molecular weight excluding hydrogens is 322 g/mol. The topological polar surface area (TPSA) is 93.5 Å². The van der Waals surface area contributed by atoms with Crippen LogP contribution in [0.2, 0.25) is 0 Å². The van der Waals surface area contributed by atoms with E-state index in [1.165, 1.54) is 18.2 Å². The van der Waals surface area contributed by atoms with E-state index in [1.807, 2.05) is 30.3 Å². The average molecular weight is 341 g/mol. The Hall–Kier alpha value is -2.93. The van der Waals surface area contributed by atoms with Gasteiger partial charge in [0, 0.05) is 30.5 Å². The average Bonchev–Trinajstić information content (AvgIpc) is 2.63. The molecule has 0 aliphatic carbocycles. The van der Waals surface area contributed by atoms with Crippen LogP contribution < -0.4 is 10.6 Å². The molecule has 1 fully saturated rings. The predicted octanol–water partition coefficient (Wildman–Crippen LogP) is 3.64. The van der Waals surface area contributed by atoms with Crippen LogP contribution in [-0.4, -0.2) is 23.6 Å². The highest BCUT2D eigenvalue weighted by atomic mass is 16.6. The highest BCUT2D eigenvalue weighted by molar-refractivity contribution is 5.89. The molecule has 3 rings (SSSR count). The summed E-state index contributed by atoms with van der Waals surface area (Å²) in [5.74, 6) is 0. The number of benzene rings is 2. The first-order valence-electron chi connectivity index (χ1n) is 8.10. The molecule has 25 heavy (non-hydrogen) atoms. The van der Waals surface area contributed by atoms with Crippen molar-refractivity contribution >= 4 is 17.4 Å². The highest BCUT2D eigenvalue weighted by Gasteiger charge is 2.25. The van der Waals surface area contributed by atoms with E-state index >= 15 is 0 Å². The summed E-state index contributed by atoms with van der Waals surface area (Å²) in [5.41, 5.74) is 1.42. The molecule has 130 valence electrons. The van der Waals surface area contributed by atoms with Crippen molar-refractivity contribution < 1.29 is 14.5 Å². The number of nitrogens with zero attached hydrogens (tertiary/aromatic N) is 1. The van der Waals surface area contributed by atoms with E-state index in [2.05, 4.69) is 10.6 Å². The number of amides is 2. The molecule has 2 aromatic carbocycles. The third kappa shape index (κ3) is 4.54. The third-order valence-corrected chi connectivity index (χ3v) is 4.11. The van der Waals surface area contributed by atoms with E-state index in [0.29, 0.717) is 18.7 Å². The Morgan fingerprint density at radius 2 is 1.96 bits per heavy atom. The Bertz CT molecular complexity index is 751. The maximum Gasteiger partial charge on any atom is 0.319 e. The number of non-ortho nitro benzene ring substituents is 1. The van der Waals surface area contributed by atoms with Crippen molar-refractivity contribution in [3.63, 3.8) is 0 Å². The minimum absolute atomic E-state index is 0.0161. The number of carbonyl (C=O) groups is 1. The first-order chi connectivity index (χ1) is 12.1. The summed E-state index contributed by atoms with van der Waals surface area (Å²) in [5, 5.41) is 16.3. The fourth-order valence-electron chi connectivity index (χ4n) is 2.88. The number of ether oxygens (including phenoxy) is 1. The van der Waals surface area contributed by atoms with Gasteiger partial charge in [-0.2, -0.15) is 0 Å². The molecule has 7 nitrogen and oxygen atoms in total. The lowest BCUT2D eigenvalue weighted by Crippen LogP contribution is -2.42. The second-order valence-corrected chi connectivity index (χ2v) is 5.90. The number of nitro groups is 1. The van der Waals surface area contributed by atoms with Gasteiger partial charge in [-0.05, 0) is 24.5 Å². The Labute approximate surface area is 145 Å². The molecule has 7 heteroatoms. The quantitative estimate of drug-likeness (QED) is 0.656. The number of anilines is 1. The van der Waals surface area contributed by atoms with E-state index < -0.39 is 4.92 Å². The number of nitrogens with one attached hydrogen (secondary N) is 2. The molecular formula is C18H19N3O4. The van der Waals surface area contributed by atoms with E-state index in [-0.39, 0.29) is 23.9 Å². The van der Waals surface area contributed by atoms with Gasteiger partial charge in [0.2, 0.25) is 0 Å². The van der Waals surface area contributed by atoms with Gasteiger partial charge in [0.1, 0.15) is 0 Å². The minimum Gasteiger partial charge on any atom is -0.373 e. The van der Waals surface area contributed by atoms with Crippen LogP contribution in [0.4, 0.5) is 16.2 Å². The standard InChI is InChI=1S/C18H19N3O4/c22-18(19-14-7-4-8-16(11-14)21(23)24)20-15-9-10-25-17(12-15)13-5-2-1-3-6-13/h1-8,11,15,17H,9-10,12H2,(H2,19,20,22)/t15-,17-/m1/s1. The van der Waals surface area contributed by atoms with E-state index in [4.69, 9.17) is 4.74 Å². The minimum atomic E-state index is -0.494. The largest absolute Gasteiger partial charge is 0.373 e. The van der Waals surface area contributed by atoms with Gasteiger partial charge in [-0.1, -0.05) is 36.4 Å². The van der Waals surface area contributed by atoms with Crippen molar-refractivity contribution in [3.8, 4) is 0 Å². The van der Waals surface area contributed by atoms with Crippen LogP contribution in [0.1, 0.15) is 24.5 Å². The molecule has 0 unspecified atom stereocenters. The molecule has 1 aliphatic heterocycles.